The fourth-order valence-electron chi connectivity index (χ4n) is 2.50. The molecule has 0 bridgehead atoms. The molecule has 1 N–H and O–H groups in total. The number of hydrogen-bond acceptors (Lipinski definition) is 7. The van der Waals surface area contributed by atoms with Gasteiger partial charge in [-0.05, 0) is 43.3 Å². The number of nitrogens with one attached hydrogen (secondary N) is 1. The molecule has 150 valence electrons. The van der Waals surface area contributed by atoms with Crippen molar-refractivity contribution in [1.29, 1.82) is 0 Å². The smallest absolute Gasteiger partial charge is 0.296 e. The number of benzene rings is 2. The van der Waals surface area contributed by atoms with Crippen molar-refractivity contribution >= 4 is 28.9 Å². The van der Waals surface area contributed by atoms with Crippen LogP contribution in [0.3, 0.4) is 0 Å². The average molecular weight is 418 g/mol. The Balaban J connectivity index is 1.80. The molecule has 29 heavy (non-hydrogen) atoms. The van der Waals surface area contributed by atoms with Crippen LogP contribution in [0.25, 0.3) is 0 Å². The summed E-state index contributed by atoms with van der Waals surface area (Å²) in [5.74, 6) is 0.578. The number of nitro benzene ring substituents is 1. The fraction of sp³-hybridized carbons (Fsp3) is 0.158. The minimum absolute atomic E-state index is 0.00558. The summed E-state index contributed by atoms with van der Waals surface area (Å²) in [6.45, 7) is 1.66. The van der Waals surface area contributed by atoms with Gasteiger partial charge in [-0.25, -0.2) is 0 Å². The number of nitrogens with zero attached hydrogens (tertiary/aromatic N) is 2. The fourth-order valence-corrected chi connectivity index (χ4v) is 2.63. The third-order valence-corrected chi connectivity index (χ3v) is 4.30. The molecule has 1 heterocycles. The molecule has 0 radical (unpaired) electrons. The minimum Gasteiger partial charge on any atom is -0.496 e. The van der Waals surface area contributed by atoms with E-state index in [4.69, 9.17) is 25.6 Å². The summed E-state index contributed by atoms with van der Waals surface area (Å²) < 4.78 is 15.8. The van der Waals surface area contributed by atoms with Gasteiger partial charge in [0.2, 0.25) is 0 Å². The lowest BCUT2D eigenvalue weighted by atomic mass is 10.2. The molecule has 1 aromatic heterocycles. The summed E-state index contributed by atoms with van der Waals surface area (Å²) in [5, 5.41) is 18.1. The maximum Gasteiger partial charge on any atom is 0.296 e. The standard InChI is InChI=1S/C19H16ClN3O6/c1-11-15(10-28-13-5-3-12(20)4-6-13)18(22-29-11)19(24)21-16-8-7-14(27-2)9-17(16)23(25)26/h3-9H,10H2,1-2H3,(H,21,24). The molecule has 2 aromatic carbocycles. The molecule has 9 nitrogen and oxygen atoms in total. The SMILES string of the molecule is COc1ccc(NC(=O)c2noc(C)c2COc2ccc(Cl)cc2)c([N+](=O)[O-])c1. The monoisotopic (exact) mass is 417 g/mol. The topological polar surface area (TPSA) is 117 Å². The normalized spacial score (nSPS) is 10.4. The number of nitro groups is 1. The minimum atomic E-state index is -0.662. The van der Waals surface area contributed by atoms with E-state index in [2.05, 4.69) is 10.5 Å². The quantitative estimate of drug-likeness (QED) is 0.447. The molecule has 10 heteroatoms. The van der Waals surface area contributed by atoms with Gasteiger partial charge in [0.25, 0.3) is 11.6 Å². The van der Waals surface area contributed by atoms with Crippen LogP contribution in [0, 0.1) is 17.0 Å². The first-order valence-electron chi connectivity index (χ1n) is 8.36. The second kappa shape index (κ2) is 8.61. The Morgan fingerprint density at radius 1 is 1.24 bits per heavy atom. The van der Waals surface area contributed by atoms with Crippen molar-refractivity contribution in [3.63, 3.8) is 0 Å². The van der Waals surface area contributed by atoms with Crippen molar-refractivity contribution in [3.8, 4) is 11.5 Å². The Morgan fingerprint density at radius 3 is 2.59 bits per heavy atom. The van der Waals surface area contributed by atoms with Crippen molar-refractivity contribution < 1.29 is 23.7 Å². The van der Waals surface area contributed by atoms with Gasteiger partial charge in [-0.1, -0.05) is 16.8 Å². The number of rotatable bonds is 7. The highest BCUT2D eigenvalue weighted by Gasteiger charge is 2.24. The Morgan fingerprint density at radius 2 is 1.93 bits per heavy atom. The first-order chi connectivity index (χ1) is 13.9. The number of halogens is 1. The van der Waals surface area contributed by atoms with E-state index in [1.165, 1.54) is 25.3 Å². The predicted molar refractivity (Wildman–Crippen MR) is 105 cm³/mol. The molecule has 0 saturated carbocycles. The van der Waals surface area contributed by atoms with Crippen LogP contribution in [-0.2, 0) is 6.61 Å². The van der Waals surface area contributed by atoms with Crippen molar-refractivity contribution in [2.24, 2.45) is 0 Å². The molecule has 3 rings (SSSR count). The summed E-state index contributed by atoms with van der Waals surface area (Å²) in [7, 11) is 1.39. The summed E-state index contributed by atoms with van der Waals surface area (Å²) in [5.41, 5.74) is 0.0955. The van der Waals surface area contributed by atoms with E-state index >= 15 is 0 Å². The van der Waals surface area contributed by atoms with E-state index in [0.717, 1.165) is 0 Å². The van der Waals surface area contributed by atoms with Crippen molar-refractivity contribution in [1.82, 2.24) is 5.16 Å². The maximum atomic E-state index is 12.7. The Bertz CT molecular complexity index is 1050. The lowest BCUT2D eigenvalue weighted by Gasteiger charge is -2.08. The van der Waals surface area contributed by atoms with Gasteiger partial charge >= 0.3 is 0 Å². The van der Waals surface area contributed by atoms with Crippen LogP contribution in [0.5, 0.6) is 11.5 Å². The van der Waals surface area contributed by atoms with Crippen LogP contribution < -0.4 is 14.8 Å². The second-order valence-corrected chi connectivity index (χ2v) is 6.34. The van der Waals surface area contributed by atoms with Crippen LogP contribution in [0.4, 0.5) is 11.4 Å². The van der Waals surface area contributed by atoms with Crippen molar-refractivity contribution in [3.05, 3.63) is 74.6 Å². The van der Waals surface area contributed by atoms with Gasteiger partial charge in [-0.3, -0.25) is 14.9 Å². The number of ether oxygens (including phenoxy) is 2. The first-order valence-corrected chi connectivity index (χ1v) is 8.74. The number of carbonyl (C=O) groups is 1. The van der Waals surface area contributed by atoms with Crippen LogP contribution >= 0.6 is 11.6 Å². The van der Waals surface area contributed by atoms with E-state index in [-0.39, 0.29) is 23.7 Å². The third kappa shape index (κ3) is 4.64. The van der Waals surface area contributed by atoms with E-state index in [0.29, 0.717) is 27.8 Å². The second-order valence-electron chi connectivity index (χ2n) is 5.90. The van der Waals surface area contributed by atoms with Crippen molar-refractivity contribution in [2.75, 3.05) is 12.4 Å². The third-order valence-electron chi connectivity index (χ3n) is 4.05. The lowest BCUT2D eigenvalue weighted by Crippen LogP contribution is -2.16. The molecule has 0 aliphatic rings. The molecule has 0 saturated heterocycles. The highest BCUT2D eigenvalue weighted by atomic mass is 35.5. The molecule has 0 spiro atoms. The van der Waals surface area contributed by atoms with Crippen molar-refractivity contribution in [2.45, 2.75) is 13.5 Å². The van der Waals surface area contributed by atoms with Crippen LogP contribution in [0.2, 0.25) is 5.02 Å². The molecule has 0 atom stereocenters. The summed E-state index contributed by atoms with van der Waals surface area (Å²) in [6, 6.07) is 10.8. The van der Waals surface area contributed by atoms with Gasteiger partial charge < -0.3 is 19.3 Å². The largest absolute Gasteiger partial charge is 0.496 e. The molecular formula is C19H16ClN3O6. The number of anilines is 1. The summed E-state index contributed by atoms with van der Waals surface area (Å²) in [6.07, 6.45) is 0. The number of amides is 1. The Kier molecular flexibility index (Phi) is 5.99. The molecule has 0 unspecified atom stereocenters. The molecular weight excluding hydrogens is 402 g/mol. The van der Waals surface area contributed by atoms with Gasteiger partial charge in [-0.15, -0.1) is 0 Å². The molecule has 3 aromatic rings. The molecule has 1 amide bonds. The molecule has 0 aliphatic carbocycles. The highest BCUT2D eigenvalue weighted by Crippen LogP contribution is 2.30. The molecule has 0 fully saturated rings. The zero-order valence-corrected chi connectivity index (χ0v) is 16.2. The molecule has 0 aliphatic heterocycles. The maximum absolute atomic E-state index is 12.7. The van der Waals surface area contributed by atoms with Crippen LogP contribution in [0.1, 0.15) is 21.8 Å². The number of hydrogen-bond donors (Lipinski definition) is 1. The predicted octanol–water partition coefficient (Wildman–Crippen LogP) is 4.38. The Hall–Kier alpha value is -3.59. The zero-order valence-electron chi connectivity index (χ0n) is 15.5. The summed E-state index contributed by atoms with van der Waals surface area (Å²) in [4.78, 5) is 23.4. The first kappa shape index (κ1) is 20.2. The zero-order chi connectivity index (χ0) is 21.0. The van der Waals surface area contributed by atoms with Crippen LogP contribution in [0.15, 0.2) is 47.0 Å². The lowest BCUT2D eigenvalue weighted by molar-refractivity contribution is -0.384. The van der Waals surface area contributed by atoms with E-state index in [1.807, 2.05) is 0 Å². The average Bonchev–Trinajstić information content (AvgIpc) is 3.08. The van der Waals surface area contributed by atoms with Gasteiger partial charge in [0, 0.05) is 5.02 Å². The highest BCUT2D eigenvalue weighted by molar-refractivity contribution is 6.30. The summed E-state index contributed by atoms with van der Waals surface area (Å²) >= 11 is 5.85. The van der Waals surface area contributed by atoms with Gasteiger partial charge in [0.1, 0.15) is 29.6 Å². The van der Waals surface area contributed by atoms with Gasteiger partial charge in [0.05, 0.1) is 23.7 Å². The Labute approximate surface area is 170 Å². The van der Waals surface area contributed by atoms with Crippen LogP contribution in [-0.4, -0.2) is 23.1 Å². The van der Waals surface area contributed by atoms with E-state index < -0.39 is 10.8 Å². The number of aromatic nitrogens is 1. The van der Waals surface area contributed by atoms with E-state index in [9.17, 15) is 14.9 Å². The number of methoxy groups -OCH3 is 1. The van der Waals surface area contributed by atoms with E-state index in [1.54, 1.807) is 31.2 Å². The van der Waals surface area contributed by atoms with Gasteiger partial charge in [-0.2, -0.15) is 0 Å². The number of carbonyl (C=O) groups excluding carboxylic acids is 1. The van der Waals surface area contributed by atoms with Gasteiger partial charge in [0.15, 0.2) is 5.69 Å². The number of aryl methyl sites for hydroxylation is 1.